The standard InChI is InChI=1S/C10H21NO2/c1-9-8-13-7-6-11(9)5-4-10(2,3)12/h9,12H,4-8H2,1-3H3/t9-/m1/s1. The van der Waals surface area contributed by atoms with Crippen molar-refractivity contribution in [1.82, 2.24) is 4.90 Å². The van der Waals surface area contributed by atoms with Crippen molar-refractivity contribution < 1.29 is 9.84 Å². The van der Waals surface area contributed by atoms with Crippen LogP contribution in [0.1, 0.15) is 27.2 Å². The first-order valence-corrected chi connectivity index (χ1v) is 5.03. The van der Waals surface area contributed by atoms with E-state index < -0.39 is 5.60 Å². The second kappa shape index (κ2) is 4.40. The molecule has 1 aliphatic heterocycles. The molecular weight excluding hydrogens is 166 g/mol. The van der Waals surface area contributed by atoms with Crippen molar-refractivity contribution in [3.63, 3.8) is 0 Å². The summed E-state index contributed by atoms with van der Waals surface area (Å²) < 4.78 is 5.34. The van der Waals surface area contributed by atoms with Crippen LogP contribution in [-0.4, -0.2) is 48.0 Å². The monoisotopic (exact) mass is 187 g/mol. The van der Waals surface area contributed by atoms with Crippen molar-refractivity contribution >= 4 is 0 Å². The van der Waals surface area contributed by atoms with Crippen LogP contribution in [0.25, 0.3) is 0 Å². The second-order valence-corrected chi connectivity index (χ2v) is 4.52. The topological polar surface area (TPSA) is 32.7 Å². The number of hydrogen-bond acceptors (Lipinski definition) is 3. The molecule has 1 heterocycles. The van der Waals surface area contributed by atoms with E-state index in [1.54, 1.807) is 0 Å². The summed E-state index contributed by atoms with van der Waals surface area (Å²) in [7, 11) is 0. The van der Waals surface area contributed by atoms with E-state index in [1.165, 1.54) is 0 Å². The van der Waals surface area contributed by atoms with Gasteiger partial charge in [-0.3, -0.25) is 4.90 Å². The number of nitrogens with zero attached hydrogens (tertiary/aromatic N) is 1. The third-order valence-corrected chi connectivity index (χ3v) is 2.52. The summed E-state index contributed by atoms with van der Waals surface area (Å²) in [6.45, 7) is 9.51. The van der Waals surface area contributed by atoms with E-state index in [0.29, 0.717) is 6.04 Å². The van der Waals surface area contributed by atoms with Crippen LogP contribution in [0.15, 0.2) is 0 Å². The summed E-state index contributed by atoms with van der Waals surface area (Å²) in [6.07, 6.45) is 0.831. The van der Waals surface area contributed by atoms with E-state index in [2.05, 4.69) is 11.8 Å². The average molecular weight is 187 g/mol. The molecule has 1 aliphatic rings. The van der Waals surface area contributed by atoms with Crippen molar-refractivity contribution in [3.05, 3.63) is 0 Å². The molecule has 1 atom stereocenters. The maximum absolute atomic E-state index is 9.58. The van der Waals surface area contributed by atoms with Crippen molar-refractivity contribution in [2.24, 2.45) is 0 Å². The minimum absolute atomic E-state index is 0.496. The maximum Gasteiger partial charge on any atom is 0.0619 e. The Morgan fingerprint density at radius 1 is 1.54 bits per heavy atom. The molecule has 0 spiro atoms. The molecule has 0 aromatic carbocycles. The van der Waals surface area contributed by atoms with Gasteiger partial charge in [0.25, 0.3) is 0 Å². The van der Waals surface area contributed by atoms with Crippen molar-refractivity contribution in [2.75, 3.05) is 26.3 Å². The Morgan fingerprint density at radius 3 is 2.77 bits per heavy atom. The van der Waals surface area contributed by atoms with Gasteiger partial charge in [-0.1, -0.05) is 0 Å². The van der Waals surface area contributed by atoms with Gasteiger partial charge < -0.3 is 9.84 Å². The molecule has 3 heteroatoms. The van der Waals surface area contributed by atoms with Crippen molar-refractivity contribution in [3.8, 4) is 0 Å². The number of hydrogen-bond donors (Lipinski definition) is 1. The Balaban J connectivity index is 2.27. The molecule has 1 N–H and O–H groups in total. The molecule has 3 nitrogen and oxygen atoms in total. The summed E-state index contributed by atoms with van der Waals surface area (Å²) in [5.74, 6) is 0. The van der Waals surface area contributed by atoms with Gasteiger partial charge in [0.2, 0.25) is 0 Å². The van der Waals surface area contributed by atoms with Gasteiger partial charge in [-0.2, -0.15) is 0 Å². The molecular formula is C10H21NO2. The highest BCUT2D eigenvalue weighted by Crippen LogP contribution is 2.12. The number of rotatable bonds is 3. The lowest BCUT2D eigenvalue weighted by molar-refractivity contribution is -0.0155. The zero-order valence-electron chi connectivity index (χ0n) is 8.92. The molecule has 0 saturated carbocycles. The molecule has 1 rings (SSSR count). The lowest BCUT2D eigenvalue weighted by Gasteiger charge is -2.34. The van der Waals surface area contributed by atoms with E-state index in [9.17, 15) is 5.11 Å². The SMILES string of the molecule is C[C@@H]1COCCN1CCC(C)(C)O. The van der Waals surface area contributed by atoms with E-state index >= 15 is 0 Å². The summed E-state index contributed by atoms with van der Waals surface area (Å²) in [5.41, 5.74) is -0.544. The highest BCUT2D eigenvalue weighted by Gasteiger charge is 2.21. The third-order valence-electron chi connectivity index (χ3n) is 2.52. The summed E-state index contributed by atoms with van der Waals surface area (Å²) in [5, 5.41) is 9.58. The molecule has 0 radical (unpaired) electrons. The normalized spacial score (nSPS) is 26.3. The van der Waals surface area contributed by atoms with Crippen LogP contribution in [0.2, 0.25) is 0 Å². The van der Waals surface area contributed by atoms with Crippen LogP contribution in [0.5, 0.6) is 0 Å². The highest BCUT2D eigenvalue weighted by molar-refractivity contribution is 4.74. The number of aliphatic hydroxyl groups is 1. The Morgan fingerprint density at radius 2 is 2.23 bits per heavy atom. The Hall–Kier alpha value is -0.120. The van der Waals surface area contributed by atoms with E-state index in [4.69, 9.17) is 4.74 Å². The molecule has 0 amide bonds. The van der Waals surface area contributed by atoms with Crippen molar-refractivity contribution in [1.29, 1.82) is 0 Å². The summed E-state index contributed by atoms with van der Waals surface area (Å²) in [4.78, 5) is 2.38. The van der Waals surface area contributed by atoms with Crippen LogP contribution in [0.3, 0.4) is 0 Å². The van der Waals surface area contributed by atoms with Gasteiger partial charge in [0.15, 0.2) is 0 Å². The first-order chi connectivity index (χ1) is 5.99. The van der Waals surface area contributed by atoms with Crippen LogP contribution in [0.4, 0.5) is 0 Å². The molecule has 13 heavy (non-hydrogen) atoms. The predicted molar refractivity (Wildman–Crippen MR) is 52.8 cm³/mol. The van der Waals surface area contributed by atoms with Crippen LogP contribution in [0, 0.1) is 0 Å². The van der Waals surface area contributed by atoms with Gasteiger partial charge in [0, 0.05) is 19.1 Å². The predicted octanol–water partition coefficient (Wildman–Crippen LogP) is 0.868. The van der Waals surface area contributed by atoms with E-state index in [0.717, 1.165) is 32.7 Å². The molecule has 0 aromatic heterocycles. The fourth-order valence-electron chi connectivity index (χ4n) is 1.51. The van der Waals surface area contributed by atoms with Crippen molar-refractivity contribution in [2.45, 2.75) is 38.8 Å². The molecule has 0 bridgehead atoms. The molecule has 78 valence electrons. The second-order valence-electron chi connectivity index (χ2n) is 4.52. The minimum atomic E-state index is -0.544. The highest BCUT2D eigenvalue weighted by atomic mass is 16.5. The largest absolute Gasteiger partial charge is 0.390 e. The van der Waals surface area contributed by atoms with Crippen LogP contribution < -0.4 is 0 Å². The van der Waals surface area contributed by atoms with Gasteiger partial charge in [-0.05, 0) is 27.2 Å². The zero-order chi connectivity index (χ0) is 9.90. The van der Waals surface area contributed by atoms with E-state index in [1.807, 2.05) is 13.8 Å². The number of morpholine rings is 1. The lowest BCUT2D eigenvalue weighted by Crippen LogP contribution is -2.45. The van der Waals surface area contributed by atoms with Gasteiger partial charge in [0.1, 0.15) is 0 Å². The Bertz CT molecular complexity index is 153. The minimum Gasteiger partial charge on any atom is -0.390 e. The molecule has 0 aliphatic carbocycles. The fourth-order valence-corrected chi connectivity index (χ4v) is 1.51. The van der Waals surface area contributed by atoms with Crippen LogP contribution >= 0.6 is 0 Å². The Kier molecular flexibility index (Phi) is 3.71. The van der Waals surface area contributed by atoms with Gasteiger partial charge in [-0.15, -0.1) is 0 Å². The van der Waals surface area contributed by atoms with Crippen LogP contribution in [-0.2, 0) is 4.74 Å². The Labute approximate surface area is 80.7 Å². The molecule has 1 fully saturated rings. The smallest absolute Gasteiger partial charge is 0.0619 e. The van der Waals surface area contributed by atoms with Gasteiger partial charge >= 0.3 is 0 Å². The van der Waals surface area contributed by atoms with E-state index in [-0.39, 0.29) is 0 Å². The lowest BCUT2D eigenvalue weighted by atomic mass is 10.0. The first kappa shape index (κ1) is 11.0. The van der Waals surface area contributed by atoms with Gasteiger partial charge in [0.05, 0.1) is 18.8 Å². The molecule has 0 unspecified atom stereocenters. The fraction of sp³-hybridized carbons (Fsp3) is 1.00. The summed E-state index contributed by atoms with van der Waals surface area (Å²) in [6, 6.07) is 0.496. The van der Waals surface area contributed by atoms with Gasteiger partial charge in [-0.25, -0.2) is 0 Å². The quantitative estimate of drug-likeness (QED) is 0.711. The average Bonchev–Trinajstić information content (AvgIpc) is 2.01. The first-order valence-electron chi connectivity index (χ1n) is 5.03. The zero-order valence-corrected chi connectivity index (χ0v) is 8.92. The molecule has 1 saturated heterocycles. The number of ether oxygens (including phenoxy) is 1. The summed E-state index contributed by atoms with van der Waals surface area (Å²) >= 11 is 0. The maximum atomic E-state index is 9.58. The third kappa shape index (κ3) is 4.07. The molecule has 0 aromatic rings.